The maximum absolute atomic E-state index is 10.8. The van der Waals surface area contributed by atoms with Gasteiger partial charge >= 0.3 is 0 Å². The number of para-hydroxylation sites is 2. The van der Waals surface area contributed by atoms with E-state index in [0.717, 1.165) is 22.5 Å². The van der Waals surface area contributed by atoms with E-state index in [2.05, 4.69) is 0 Å². The lowest BCUT2D eigenvalue weighted by Crippen LogP contribution is -2.26. The van der Waals surface area contributed by atoms with Gasteiger partial charge in [0.1, 0.15) is 5.69 Å². The second-order valence-corrected chi connectivity index (χ2v) is 5.35. The van der Waals surface area contributed by atoms with Gasteiger partial charge in [0.05, 0.1) is 16.7 Å². The molecule has 1 heterocycles. The number of nitrogens with zero attached hydrogens (tertiary/aromatic N) is 2. The molecule has 1 aliphatic rings. The first-order valence-corrected chi connectivity index (χ1v) is 6.74. The molecule has 15 heavy (non-hydrogen) atoms. The predicted molar refractivity (Wildman–Crippen MR) is 65.4 cm³/mol. The fourth-order valence-corrected chi connectivity index (χ4v) is 3.50. The van der Waals surface area contributed by atoms with Crippen molar-refractivity contribution >= 4 is 34.9 Å². The molecule has 1 aromatic rings. The first-order chi connectivity index (χ1) is 7.29. The van der Waals surface area contributed by atoms with Gasteiger partial charge in [0.25, 0.3) is 5.69 Å². The van der Waals surface area contributed by atoms with Gasteiger partial charge in [-0.2, -0.15) is 0 Å². The molecule has 80 valence electrons. The van der Waals surface area contributed by atoms with Crippen molar-refractivity contribution < 1.29 is 4.92 Å². The first-order valence-electron chi connectivity index (χ1n) is 4.43. The van der Waals surface area contributed by atoms with Gasteiger partial charge in [0.2, 0.25) is 0 Å². The van der Waals surface area contributed by atoms with Crippen molar-refractivity contribution in [3.63, 3.8) is 0 Å². The van der Waals surface area contributed by atoms with Crippen molar-refractivity contribution in [2.24, 2.45) is 0 Å². The van der Waals surface area contributed by atoms with Crippen LogP contribution < -0.4 is 4.90 Å². The van der Waals surface area contributed by atoms with E-state index >= 15 is 0 Å². The van der Waals surface area contributed by atoms with Crippen molar-refractivity contribution in [1.29, 1.82) is 0 Å². The molecule has 0 atom stereocenters. The SMILES string of the molecule is O=[N+]([O-])c1ccccc1N1CSCSC1. The number of benzene rings is 1. The zero-order chi connectivity index (χ0) is 10.7. The molecule has 1 saturated heterocycles. The van der Waals surface area contributed by atoms with Crippen molar-refractivity contribution in [3.8, 4) is 0 Å². The molecule has 1 aliphatic heterocycles. The van der Waals surface area contributed by atoms with Gasteiger partial charge in [-0.3, -0.25) is 10.1 Å². The lowest BCUT2D eigenvalue weighted by molar-refractivity contribution is -0.384. The van der Waals surface area contributed by atoms with Crippen molar-refractivity contribution in [2.75, 3.05) is 21.7 Å². The summed E-state index contributed by atoms with van der Waals surface area (Å²) < 4.78 is 0. The van der Waals surface area contributed by atoms with Gasteiger partial charge in [-0.1, -0.05) is 12.1 Å². The Kier molecular flexibility index (Phi) is 3.37. The van der Waals surface area contributed by atoms with Gasteiger partial charge in [-0.25, -0.2) is 0 Å². The molecule has 0 aliphatic carbocycles. The normalized spacial score (nSPS) is 16.4. The summed E-state index contributed by atoms with van der Waals surface area (Å²) in [7, 11) is 0. The minimum atomic E-state index is -0.320. The highest BCUT2D eigenvalue weighted by Crippen LogP contribution is 2.33. The van der Waals surface area contributed by atoms with E-state index in [1.807, 2.05) is 17.0 Å². The Morgan fingerprint density at radius 3 is 2.60 bits per heavy atom. The summed E-state index contributed by atoms with van der Waals surface area (Å²) in [6, 6.07) is 6.90. The van der Waals surface area contributed by atoms with Crippen molar-refractivity contribution in [2.45, 2.75) is 0 Å². The van der Waals surface area contributed by atoms with Crippen LogP contribution in [-0.4, -0.2) is 21.8 Å². The molecule has 2 rings (SSSR count). The third-order valence-electron chi connectivity index (χ3n) is 2.08. The topological polar surface area (TPSA) is 46.4 Å². The lowest BCUT2D eigenvalue weighted by atomic mass is 10.2. The fraction of sp³-hybridized carbons (Fsp3) is 0.333. The molecule has 0 bridgehead atoms. The number of thioether (sulfide) groups is 2. The van der Waals surface area contributed by atoms with Crippen LogP contribution in [0.4, 0.5) is 11.4 Å². The molecule has 0 radical (unpaired) electrons. The maximum Gasteiger partial charge on any atom is 0.292 e. The van der Waals surface area contributed by atoms with Crippen molar-refractivity contribution in [1.82, 2.24) is 0 Å². The van der Waals surface area contributed by atoms with Crippen LogP contribution in [0.15, 0.2) is 24.3 Å². The molecule has 0 spiro atoms. The number of hydrogen-bond acceptors (Lipinski definition) is 5. The number of anilines is 1. The molecular formula is C9H10N2O2S2. The van der Waals surface area contributed by atoms with Gasteiger partial charge in [-0.05, 0) is 6.07 Å². The van der Waals surface area contributed by atoms with Crippen LogP contribution >= 0.6 is 23.5 Å². The Balaban J connectivity index is 2.29. The average Bonchev–Trinajstić information content (AvgIpc) is 2.30. The van der Waals surface area contributed by atoms with E-state index in [1.165, 1.54) is 0 Å². The number of nitro groups is 1. The van der Waals surface area contributed by atoms with E-state index in [4.69, 9.17) is 0 Å². The molecule has 0 aromatic heterocycles. The van der Waals surface area contributed by atoms with Crippen LogP contribution in [0.2, 0.25) is 0 Å². The number of hydrogen-bond donors (Lipinski definition) is 0. The van der Waals surface area contributed by atoms with Crippen molar-refractivity contribution in [3.05, 3.63) is 34.4 Å². The summed E-state index contributed by atoms with van der Waals surface area (Å²) in [5, 5.41) is 11.9. The van der Waals surface area contributed by atoms with E-state index in [0.29, 0.717) is 0 Å². The molecule has 0 saturated carbocycles. The summed E-state index contributed by atoms with van der Waals surface area (Å²) in [5.41, 5.74) is 0.919. The fourth-order valence-electron chi connectivity index (χ4n) is 1.42. The van der Waals surface area contributed by atoms with Crippen LogP contribution in [0.1, 0.15) is 0 Å². The number of rotatable bonds is 2. The van der Waals surface area contributed by atoms with E-state index in [9.17, 15) is 10.1 Å². The Hall–Kier alpha value is -0.880. The molecular weight excluding hydrogens is 232 g/mol. The van der Waals surface area contributed by atoms with Gasteiger partial charge in [-0.15, -0.1) is 23.5 Å². The van der Waals surface area contributed by atoms with Gasteiger partial charge < -0.3 is 4.90 Å². The summed E-state index contributed by atoms with van der Waals surface area (Å²) in [6.45, 7) is 0. The minimum Gasteiger partial charge on any atom is -0.347 e. The third kappa shape index (κ3) is 2.38. The Bertz CT molecular complexity index is 367. The highest BCUT2D eigenvalue weighted by atomic mass is 32.2. The molecule has 0 N–H and O–H groups in total. The smallest absolute Gasteiger partial charge is 0.292 e. The largest absolute Gasteiger partial charge is 0.347 e. The maximum atomic E-state index is 10.8. The quantitative estimate of drug-likeness (QED) is 0.589. The van der Waals surface area contributed by atoms with E-state index < -0.39 is 0 Å². The third-order valence-corrected chi connectivity index (χ3v) is 4.40. The Morgan fingerprint density at radius 2 is 1.93 bits per heavy atom. The summed E-state index contributed by atoms with van der Waals surface area (Å²) >= 11 is 3.57. The monoisotopic (exact) mass is 242 g/mol. The highest BCUT2D eigenvalue weighted by molar-refractivity contribution is 8.16. The van der Waals surface area contributed by atoms with Crippen LogP contribution in [0, 0.1) is 10.1 Å². The van der Waals surface area contributed by atoms with Gasteiger partial charge in [0.15, 0.2) is 0 Å². The molecule has 1 aromatic carbocycles. The van der Waals surface area contributed by atoms with Crippen LogP contribution in [0.5, 0.6) is 0 Å². The summed E-state index contributed by atoms with van der Waals surface area (Å²) in [6.07, 6.45) is 0. The molecule has 6 heteroatoms. The second kappa shape index (κ2) is 4.76. The molecule has 4 nitrogen and oxygen atoms in total. The van der Waals surface area contributed by atoms with Crippen LogP contribution in [0.25, 0.3) is 0 Å². The van der Waals surface area contributed by atoms with E-state index in [-0.39, 0.29) is 10.6 Å². The standard InChI is InChI=1S/C9H10N2O2S2/c12-11(13)9-4-2-1-3-8(9)10-5-14-7-15-6-10/h1-4H,5-7H2. The molecule has 0 unspecified atom stereocenters. The zero-order valence-electron chi connectivity index (χ0n) is 7.96. The minimum absolute atomic E-state index is 0.195. The number of nitro benzene ring substituents is 1. The van der Waals surface area contributed by atoms with E-state index in [1.54, 1.807) is 35.7 Å². The van der Waals surface area contributed by atoms with Crippen LogP contribution in [0.3, 0.4) is 0 Å². The first kappa shape index (κ1) is 10.6. The average molecular weight is 242 g/mol. The second-order valence-electron chi connectivity index (χ2n) is 3.07. The Labute approximate surface area is 96.2 Å². The molecule has 0 amide bonds. The summed E-state index contributed by atoms with van der Waals surface area (Å²) in [5.74, 6) is 1.66. The zero-order valence-corrected chi connectivity index (χ0v) is 9.59. The van der Waals surface area contributed by atoms with Crippen LogP contribution in [-0.2, 0) is 0 Å². The van der Waals surface area contributed by atoms with Gasteiger partial charge in [0, 0.05) is 11.2 Å². The predicted octanol–water partition coefficient (Wildman–Crippen LogP) is 2.75. The summed E-state index contributed by atoms with van der Waals surface area (Å²) in [4.78, 5) is 12.5. The lowest BCUT2D eigenvalue weighted by Gasteiger charge is -2.27. The highest BCUT2D eigenvalue weighted by Gasteiger charge is 2.20. The molecule has 1 fully saturated rings. The Morgan fingerprint density at radius 1 is 1.27 bits per heavy atom.